The van der Waals surface area contributed by atoms with Crippen LogP contribution in [0.1, 0.15) is 11.1 Å². The molecule has 0 unspecified atom stereocenters. The minimum absolute atomic E-state index is 0.162. The molecule has 5 nitrogen and oxygen atoms in total. The van der Waals surface area contributed by atoms with Crippen LogP contribution in [0.15, 0.2) is 60.0 Å². The highest BCUT2D eigenvalue weighted by Crippen LogP contribution is 2.29. The number of hydrogen-bond donors (Lipinski definition) is 1. The number of amides is 1. The second-order valence-electron chi connectivity index (χ2n) is 6.10. The van der Waals surface area contributed by atoms with E-state index >= 15 is 0 Å². The normalized spacial score (nSPS) is 14.6. The first-order valence-corrected chi connectivity index (χ1v) is 10.2. The topological polar surface area (TPSA) is 56.8 Å². The van der Waals surface area contributed by atoms with Gasteiger partial charge in [-0.25, -0.2) is 0 Å². The number of methoxy groups -OCH3 is 1. The van der Waals surface area contributed by atoms with Gasteiger partial charge in [-0.05, 0) is 47.9 Å². The average molecular weight is 428 g/mol. The molecule has 0 aliphatic carbocycles. The Hall–Kier alpha value is -2.77. The molecule has 29 heavy (non-hydrogen) atoms. The Kier molecular flexibility index (Phi) is 7.32. The minimum Gasteiger partial charge on any atom is -0.493 e. The monoisotopic (exact) mass is 427 g/mol. The third kappa shape index (κ3) is 5.85. The van der Waals surface area contributed by atoms with Crippen LogP contribution in [0.4, 0.5) is 0 Å². The number of carbonyl (C=O) groups excluding carboxylic acids is 1. The van der Waals surface area contributed by atoms with Gasteiger partial charge in [-0.3, -0.25) is 4.79 Å². The van der Waals surface area contributed by atoms with Crippen LogP contribution in [-0.4, -0.2) is 30.6 Å². The van der Waals surface area contributed by atoms with Gasteiger partial charge in [-0.15, -0.1) is 6.58 Å². The SMILES string of the molecule is C=CCc1ccc(OCCOc2ccc(/C=C3/SC(=S)NC3=O)cc2)c(OC)c1. The summed E-state index contributed by atoms with van der Waals surface area (Å²) in [4.78, 5) is 12.3. The number of benzene rings is 2. The molecule has 1 aliphatic rings. The zero-order valence-corrected chi connectivity index (χ0v) is 17.6. The number of thioether (sulfide) groups is 1. The molecule has 1 aliphatic heterocycles. The molecule has 0 spiro atoms. The molecule has 0 bridgehead atoms. The molecule has 3 rings (SSSR count). The molecule has 0 radical (unpaired) electrons. The van der Waals surface area contributed by atoms with Crippen molar-refractivity contribution in [1.82, 2.24) is 5.32 Å². The molecule has 1 N–H and O–H groups in total. The highest BCUT2D eigenvalue weighted by Gasteiger charge is 2.21. The van der Waals surface area contributed by atoms with Gasteiger partial charge in [0.2, 0.25) is 0 Å². The Morgan fingerprint density at radius 1 is 1.10 bits per heavy atom. The largest absolute Gasteiger partial charge is 0.493 e. The lowest BCUT2D eigenvalue weighted by atomic mass is 10.1. The number of hydrogen-bond acceptors (Lipinski definition) is 6. The quantitative estimate of drug-likeness (QED) is 0.278. The maximum absolute atomic E-state index is 11.7. The van der Waals surface area contributed by atoms with Crippen LogP contribution in [0.5, 0.6) is 17.2 Å². The first kappa shape index (κ1) is 21.0. The van der Waals surface area contributed by atoms with Crippen LogP contribution in [-0.2, 0) is 11.2 Å². The fourth-order valence-electron chi connectivity index (χ4n) is 2.67. The summed E-state index contributed by atoms with van der Waals surface area (Å²) in [7, 11) is 1.62. The Bertz CT molecular complexity index is 938. The molecule has 7 heteroatoms. The predicted octanol–water partition coefficient (Wildman–Crippen LogP) is 4.37. The van der Waals surface area contributed by atoms with Crippen LogP contribution in [0.3, 0.4) is 0 Å². The van der Waals surface area contributed by atoms with Gasteiger partial charge in [-0.1, -0.05) is 48.3 Å². The number of allylic oxidation sites excluding steroid dienone is 1. The first-order chi connectivity index (χ1) is 14.1. The van der Waals surface area contributed by atoms with Crippen molar-refractivity contribution in [3.05, 3.63) is 71.2 Å². The standard InChI is InChI=1S/C22H21NO4S2/c1-3-4-15-7-10-18(19(13-15)25-2)27-12-11-26-17-8-5-16(6-9-17)14-20-21(24)23-22(28)29-20/h3,5-10,13-14H,1,4,11-12H2,2H3,(H,23,24,28)/b20-14+. The van der Waals surface area contributed by atoms with E-state index < -0.39 is 0 Å². The molecule has 1 saturated heterocycles. The summed E-state index contributed by atoms with van der Waals surface area (Å²) in [6.07, 6.45) is 4.43. The Balaban J connectivity index is 1.50. The van der Waals surface area contributed by atoms with Crippen molar-refractivity contribution < 1.29 is 19.0 Å². The molecule has 2 aromatic rings. The van der Waals surface area contributed by atoms with E-state index in [0.717, 1.165) is 23.3 Å². The molecule has 150 valence electrons. The number of thiocarbonyl (C=S) groups is 1. The smallest absolute Gasteiger partial charge is 0.263 e. The van der Waals surface area contributed by atoms with Gasteiger partial charge in [0.15, 0.2) is 11.5 Å². The average Bonchev–Trinajstić information content (AvgIpc) is 3.04. The van der Waals surface area contributed by atoms with E-state index in [1.807, 2.05) is 48.5 Å². The number of ether oxygens (including phenoxy) is 3. The van der Waals surface area contributed by atoms with Crippen molar-refractivity contribution in [3.8, 4) is 17.2 Å². The highest BCUT2D eigenvalue weighted by molar-refractivity contribution is 8.26. The zero-order valence-electron chi connectivity index (χ0n) is 16.0. The second-order valence-corrected chi connectivity index (χ2v) is 7.82. The van der Waals surface area contributed by atoms with E-state index in [-0.39, 0.29) is 5.91 Å². The zero-order chi connectivity index (χ0) is 20.6. The molecular weight excluding hydrogens is 406 g/mol. The van der Waals surface area contributed by atoms with Crippen LogP contribution in [0.25, 0.3) is 6.08 Å². The van der Waals surface area contributed by atoms with Gasteiger partial charge in [-0.2, -0.15) is 0 Å². The van der Waals surface area contributed by atoms with Crippen molar-refractivity contribution in [2.45, 2.75) is 6.42 Å². The van der Waals surface area contributed by atoms with Crippen molar-refractivity contribution in [2.75, 3.05) is 20.3 Å². The van der Waals surface area contributed by atoms with Crippen molar-refractivity contribution in [3.63, 3.8) is 0 Å². The maximum atomic E-state index is 11.7. The number of carbonyl (C=O) groups is 1. The second kappa shape index (κ2) is 10.1. The fraction of sp³-hybridized carbons (Fsp3) is 0.182. The van der Waals surface area contributed by atoms with Crippen LogP contribution in [0.2, 0.25) is 0 Å². The lowest BCUT2D eigenvalue weighted by molar-refractivity contribution is -0.115. The van der Waals surface area contributed by atoms with E-state index in [4.69, 9.17) is 26.4 Å². The molecule has 2 aromatic carbocycles. The van der Waals surface area contributed by atoms with E-state index in [0.29, 0.717) is 33.9 Å². The van der Waals surface area contributed by atoms with Crippen molar-refractivity contribution >= 4 is 40.3 Å². The third-order valence-electron chi connectivity index (χ3n) is 4.04. The first-order valence-electron chi connectivity index (χ1n) is 8.97. The summed E-state index contributed by atoms with van der Waals surface area (Å²) >= 11 is 6.25. The Labute approximate surface area is 179 Å². The molecule has 1 heterocycles. The molecular formula is C22H21NO4S2. The van der Waals surface area contributed by atoms with E-state index in [1.54, 1.807) is 13.2 Å². The van der Waals surface area contributed by atoms with E-state index in [9.17, 15) is 4.79 Å². The van der Waals surface area contributed by atoms with Gasteiger partial charge in [0, 0.05) is 0 Å². The van der Waals surface area contributed by atoms with Gasteiger partial charge < -0.3 is 19.5 Å². The minimum atomic E-state index is -0.162. The van der Waals surface area contributed by atoms with Crippen molar-refractivity contribution in [2.24, 2.45) is 0 Å². The summed E-state index contributed by atoms with van der Waals surface area (Å²) in [6, 6.07) is 13.3. The molecule has 0 saturated carbocycles. The highest BCUT2D eigenvalue weighted by atomic mass is 32.2. The van der Waals surface area contributed by atoms with Crippen LogP contribution < -0.4 is 19.5 Å². The lowest BCUT2D eigenvalue weighted by Crippen LogP contribution is -2.17. The van der Waals surface area contributed by atoms with Crippen LogP contribution in [0, 0.1) is 0 Å². The predicted molar refractivity (Wildman–Crippen MR) is 121 cm³/mol. The lowest BCUT2D eigenvalue weighted by Gasteiger charge is -2.12. The van der Waals surface area contributed by atoms with Gasteiger partial charge in [0.05, 0.1) is 12.0 Å². The summed E-state index contributed by atoms with van der Waals surface area (Å²) in [5, 5.41) is 2.60. The summed E-state index contributed by atoms with van der Waals surface area (Å²) in [6.45, 7) is 4.52. The van der Waals surface area contributed by atoms with Gasteiger partial charge in [0.25, 0.3) is 5.91 Å². The molecule has 1 fully saturated rings. The Morgan fingerprint density at radius 2 is 1.86 bits per heavy atom. The molecule has 0 aromatic heterocycles. The van der Waals surface area contributed by atoms with Gasteiger partial charge in [0.1, 0.15) is 23.3 Å². The Morgan fingerprint density at radius 3 is 2.52 bits per heavy atom. The van der Waals surface area contributed by atoms with E-state index in [2.05, 4.69) is 11.9 Å². The summed E-state index contributed by atoms with van der Waals surface area (Å²) in [5.74, 6) is 1.93. The third-order valence-corrected chi connectivity index (χ3v) is 5.20. The maximum Gasteiger partial charge on any atom is 0.263 e. The van der Waals surface area contributed by atoms with Gasteiger partial charge >= 0.3 is 0 Å². The number of rotatable bonds is 9. The molecule has 1 amide bonds. The van der Waals surface area contributed by atoms with Crippen molar-refractivity contribution in [1.29, 1.82) is 0 Å². The number of nitrogens with one attached hydrogen (secondary N) is 1. The summed E-state index contributed by atoms with van der Waals surface area (Å²) in [5.41, 5.74) is 2.02. The molecule has 0 atom stereocenters. The van der Waals surface area contributed by atoms with E-state index in [1.165, 1.54) is 11.8 Å². The fourth-order valence-corrected chi connectivity index (χ4v) is 3.71. The summed E-state index contributed by atoms with van der Waals surface area (Å²) < 4.78 is 17.4. The van der Waals surface area contributed by atoms with Crippen LogP contribution >= 0.6 is 24.0 Å².